The zero-order valence-electron chi connectivity index (χ0n) is 14.3. The SMILES string of the molecule is Cc1ccccc1C(=O)NC(c1ccc2c(c1)OCCO2)C(C)C. The monoisotopic (exact) mass is 325 g/mol. The van der Waals surface area contributed by atoms with Crippen LogP contribution in [0, 0.1) is 12.8 Å². The molecule has 0 saturated heterocycles. The summed E-state index contributed by atoms with van der Waals surface area (Å²) in [7, 11) is 0. The second-order valence-corrected chi connectivity index (χ2v) is 6.41. The van der Waals surface area contributed by atoms with Crippen molar-refractivity contribution in [1.82, 2.24) is 5.32 Å². The first-order chi connectivity index (χ1) is 11.6. The molecule has 1 aliphatic heterocycles. The fraction of sp³-hybridized carbons (Fsp3) is 0.350. The van der Waals surface area contributed by atoms with E-state index in [1.54, 1.807) is 0 Å². The van der Waals surface area contributed by atoms with Crippen molar-refractivity contribution < 1.29 is 14.3 Å². The first-order valence-corrected chi connectivity index (χ1v) is 8.32. The molecule has 4 nitrogen and oxygen atoms in total. The van der Waals surface area contributed by atoms with Crippen LogP contribution in [0.4, 0.5) is 0 Å². The van der Waals surface area contributed by atoms with E-state index in [9.17, 15) is 4.79 Å². The minimum absolute atomic E-state index is 0.0540. The average molecular weight is 325 g/mol. The second-order valence-electron chi connectivity index (χ2n) is 6.41. The Balaban J connectivity index is 1.85. The van der Waals surface area contributed by atoms with E-state index in [4.69, 9.17) is 9.47 Å². The first kappa shape index (κ1) is 16.4. The summed E-state index contributed by atoms with van der Waals surface area (Å²) in [5.41, 5.74) is 2.71. The summed E-state index contributed by atoms with van der Waals surface area (Å²) in [6.07, 6.45) is 0. The van der Waals surface area contributed by atoms with Crippen molar-refractivity contribution in [2.24, 2.45) is 5.92 Å². The van der Waals surface area contributed by atoms with Gasteiger partial charge in [-0.2, -0.15) is 0 Å². The number of carbonyl (C=O) groups is 1. The van der Waals surface area contributed by atoms with Gasteiger partial charge in [-0.1, -0.05) is 38.1 Å². The third-order valence-corrected chi connectivity index (χ3v) is 4.27. The van der Waals surface area contributed by atoms with Gasteiger partial charge in [0.25, 0.3) is 5.91 Å². The molecule has 0 radical (unpaired) electrons. The molecule has 2 aromatic rings. The molecule has 0 bridgehead atoms. The van der Waals surface area contributed by atoms with Crippen molar-refractivity contribution in [3.63, 3.8) is 0 Å². The van der Waals surface area contributed by atoms with E-state index >= 15 is 0 Å². The van der Waals surface area contributed by atoms with E-state index in [1.165, 1.54) is 0 Å². The molecule has 3 rings (SSSR count). The first-order valence-electron chi connectivity index (χ1n) is 8.32. The van der Waals surface area contributed by atoms with E-state index in [0.717, 1.165) is 22.6 Å². The van der Waals surface area contributed by atoms with Crippen molar-refractivity contribution >= 4 is 5.91 Å². The summed E-state index contributed by atoms with van der Waals surface area (Å²) >= 11 is 0. The Hall–Kier alpha value is -2.49. The zero-order valence-corrected chi connectivity index (χ0v) is 14.3. The van der Waals surface area contributed by atoms with Gasteiger partial charge in [-0.05, 0) is 42.2 Å². The summed E-state index contributed by atoms with van der Waals surface area (Å²) in [5, 5.41) is 3.16. The maximum absolute atomic E-state index is 12.7. The molecule has 0 aromatic heterocycles. The molecule has 0 fully saturated rings. The largest absolute Gasteiger partial charge is 0.486 e. The molecule has 1 unspecified atom stereocenters. The van der Waals surface area contributed by atoms with Gasteiger partial charge in [0.15, 0.2) is 11.5 Å². The Morgan fingerprint density at radius 1 is 1.04 bits per heavy atom. The Morgan fingerprint density at radius 2 is 1.75 bits per heavy atom. The quantitative estimate of drug-likeness (QED) is 0.927. The number of hydrogen-bond donors (Lipinski definition) is 1. The molecule has 4 heteroatoms. The smallest absolute Gasteiger partial charge is 0.252 e. The summed E-state index contributed by atoms with van der Waals surface area (Å²) in [6.45, 7) is 7.27. The minimum Gasteiger partial charge on any atom is -0.486 e. The normalized spacial score (nSPS) is 14.3. The van der Waals surface area contributed by atoms with Gasteiger partial charge in [-0.25, -0.2) is 0 Å². The Labute approximate surface area is 142 Å². The van der Waals surface area contributed by atoms with Crippen LogP contribution < -0.4 is 14.8 Å². The molecule has 1 N–H and O–H groups in total. The molecule has 0 spiro atoms. The number of carbonyl (C=O) groups excluding carboxylic acids is 1. The van der Waals surface area contributed by atoms with Gasteiger partial charge in [0.05, 0.1) is 6.04 Å². The molecule has 1 amide bonds. The maximum Gasteiger partial charge on any atom is 0.252 e. The van der Waals surface area contributed by atoms with Crippen LogP contribution in [0.15, 0.2) is 42.5 Å². The highest BCUT2D eigenvalue weighted by Gasteiger charge is 2.22. The van der Waals surface area contributed by atoms with Crippen LogP contribution in [0.25, 0.3) is 0 Å². The van der Waals surface area contributed by atoms with Crippen LogP contribution in [0.5, 0.6) is 11.5 Å². The highest BCUT2D eigenvalue weighted by atomic mass is 16.6. The minimum atomic E-state index is -0.0899. The number of nitrogens with one attached hydrogen (secondary N) is 1. The average Bonchev–Trinajstić information content (AvgIpc) is 2.59. The zero-order chi connectivity index (χ0) is 17.1. The van der Waals surface area contributed by atoms with Gasteiger partial charge < -0.3 is 14.8 Å². The van der Waals surface area contributed by atoms with Gasteiger partial charge in [-0.3, -0.25) is 4.79 Å². The van der Waals surface area contributed by atoms with Gasteiger partial charge >= 0.3 is 0 Å². The van der Waals surface area contributed by atoms with Crippen molar-refractivity contribution in [2.45, 2.75) is 26.8 Å². The van der Waals surface area contributed by atoms with Crippen LogP contribution in [0.2, 0.25) is 0 Å². The molecule has 126 valence electrons. The summed E-state index contributed by atoms with van der Waals surface area (Å²) in [6, 6.07) is 13.4. The molecule has 24 heavy (non-hydrogen) atoms. The van der Waals surface area contributed by atoms with Crippen molar-refractivity contribution in [3.8, 4) is 11.5 Å². The number of amides is 1. The van der Waals surface area contributed by atoms with Crippen molar-refractivity contribution in [2.75, 3.05) is 13.2 Å². The summed E-state index contributed by atoms with van der Waals surface area (Å²) in [5.74, 6) is 1.70. The molecule has 1 atom stereocenters. The number of benzene rings is 2. The van der Waals surface area contributed by atoms with Crippen LogP contribution in [0.1, 0.15) is 41.4 Å². The lowest BCUT2D eigenvalue weighted by atomic mass is 9.95. The number of fused-ring (bicyclic) bond motifs is 1. The molecule has 2 aromatic carbocycles. The molecule has 0 saturated carbocycles. The molecular formula is C20H23NO3. The van der Waals surface area contributed by atoms with Gasteiger partial charge in [0.2, 0.25) is 0 Å². The fourth-order valence-electron chi connectivity index (χ4n) is 2.93. The number of hydrogen-bond acceptors (Lipinski definition) is 3. The third kappa shape index (κ3) is 3.37. The van der Waals surface area contributed by atoms with Crippen LogP contribution in [-0.2, 0) is 0 Å². The number of ether oxygens (including phenoxy) is 2. The van der Waals surface area contributed by atoms with Crippen LogP contribution >= 0.6 is 0 Å². The van der Waals surface area contributed by atoms with Crippen LogP contribution in [-0.4, -0.2) is 19.1 Å². The van der Waals surface area contributed by atoms with Crippen LogP contribution in [0.3, 0.4) is 0 Å². The Kier molecular flexibility index (Phi) is 4.74. The van der Waals surface area contributed by atoms with Gasteiger partial charge in [0, 0.05) is 5.56 Å². The summed E-state index contributed by atoms with van der Waals surface area (Å²) in [4.78, 5) is 12.7. The second kappa shape index (κ2) is 6.95. The topological polar surface area (TPSA) is 47.6 Å². The standard InChI is InChI=1S/C20H23NO3/c1-13(2)19(21-20(22)16-7-5-4-6-14(16)3)15-8-9-17-18(12-15)24-11-10-23-17/h4-9,12-13,19H,10-11H2,1-3H3,(H,21,22). The summed E-state index contributed by atoms with van der Waals surface area (Å²) < 4.78 is 11.2. The van der Waals surface area contributed by atoms with E-state index in [1.807, 2.05) is 49.4 Å². The third-order valence-electron chi connectivity index (χ3n) is 4.27. The number of aryl methyl sites for hydroxylation is 1. The lowest BCUT2D eigenvalue weighted by Gasteiger charge is -2.25. The maximum atomic E-state index is 12.7. The molecule has 1 aliphatic rings. The van der Waals surface area contributed by atoms with Crippen molar-refractivity contribution in [1.29, 1.82) is 0 Å². The molecule has 0 aliphatic carbocycles. The molecule has 1 heterocycles. The van der Waals surface area contributed by atoms with E-state index in [2.05, 4.69) is 19.2 Å². The van der Waals surface area contributed by atoms with Gasteiger partial charge in [-0.15, -0.1) is 0 Å². The van der Waals surface area contributed by atoms with E-state index in [0.29, 0.717) is 18.8 Å². The lowest BCUT2D eigenvalue weighted by molar-refractivity contribution is 0.0924. The predicted octanol–water partition coefficient (Wildman–Crippen LogP) is 3.89. The number of rotatable bonds is 4. The predicted molar refractivity (Wildman–Crippen MR) is 93.7 cm³/mol. The Morgan fingerprint density at radius 3 is 2.46 bits per heavy atom. The molecular weight excluding hydrogens is 302 g/mol. The Bertz CT molecular complexity index is 739. The van der Waals surface area contributed by atoms with Crippen molar-refractivity contribution in [3.05, 3.63) is 59.2 Å². The fourth-order valence-corrected chi connectivity index (χ4v) is 2.93. The lowest BCUT2D eigenvalue weighted by Crippen LogP contribution is -2.32. The highest BCUT2D eigenvalue weighted by molar-refractivity contribution is 5.95. The van der Waals surface area contributed by atoms with Gasteiger partial charge in [0.1, 0.15) is 13.2 Å². The van der Waals surface area contributed by atoms with E-state index < -0.39 is 0 Å². The van der Waals surface area contributed by atoms with E-state index in [-0.39, 0.29) is 17.9 Å². The highest BCUT2D eigenvalue weighted by Crippen LogP contribution is 2.34.